The minimum absolute atomic E-state index is 0.0229. The van der Waals surface area contributed by atoms with Crippen LogP contribution < -0.4 is 5.32 Å². The van der Waals surface area contributed by atoms with E-state index in [9.17, 15) is 9.59 Å². The molecule has 2 atom stereocenters. The summed E-state index contributed by atoms with van der Waals surface area (Å²) in [5.74, 6) is -1.21. The van der Waals surface area contributed by atoms with Crippen molar-refractivity contribution >= 4 is 11.9 Å². The van der Waals surface area contributed by atoms with Crippen molar-refractivity contribution in [3.63, 3.8) is 0 Å². The first-order chi connectivity index (χ1) is 9.08. The molecule has 2 N–H and O–H groups in total. The minimum atomic E-state index is -1.15. The molecule has 0 bridgehead atoms. The first-order valence-electron chi connectivity index (χ1n) is 6.17. The van der Waals surface area contributed by atoms with E-state index in [4.69, 9.17) is 9.84 Å². The highest BCUT2D eigenvalue weighted by Crippen LogP contribution is 2.16. The third-order valence-electron chi connectivity index (χ3n) is 3.23. The SMILES string of the molecule is CC(NC(=O)c1cccc(C(=O)O)n1)C1CCOC1. The van der Waals surface area contributed by atoms with Gasteiger partial charge in [0.05, 0.1) is 6.61 Å². The Balaban J connectivity index is 2.02. The number of hydrogen-bond donors (Lipinski definition) is 2. The Morgan fingerprint density at radius 3 is 2.84 bits per heavy atom. The average molecular weight is 264 g/mol. The number of pyridine rings is 1. The quantitative estimate of drug-likeness (QED) is 0.844. The molecule has 6 nitrogen and oxygen atoms in total. The molecule has 0 radical (unpaired) electrons. The fourth-order valence-corrected chi connectivity index (χ4v) is 2.03. The predicted molar refractivity (Wildman–Crippen MR) is 67.1 cm³/mol. The number of nitrogens with one attached hydrogen (secondary N) is 1. The van der Waals surface area contributed by atoms with Gasteiger partial charge < -0.3 is 15.2 Å². The van der Waals surface area contributed by atoms with Gasteiger partial charge in [-0.15, -0.1) is 0 Å². The van der Waals surface area contributed by atoms with E-state index in [1.54, 1.807) is 0 Å². The summed E-state index contributed by atoms with van der Waals surface area (Å²) in [6.45, 7) is 3.28. The summed E-state index contributed by atoms with van der Waals surface area (Å²) in [4.78, 5) is 26.6. The average Bonchev–Trinajstić information content (AvgIpc) is 2.92. The Bertz CT molecular complexity index is 483. The van der Waals surface area contributed by atoms with Crippen molar-refractivity contribution < 1.29 is 19.4 Å². The van der Waals surface area contributed by atoms with Gasteiger partial charge in [0.1, 0.15) is 11.4 Å². The van der Waals surface area contributed by atoms with Gasteiger partial charge in [0.25, 0.3) is 5.91 Å². The van der Waals surface area contributed by atoms with E-state index in [0.717, 1.165) is 13.0 Å². The molecule has 0 aliphatic carbocycles. The van der Waals surface area contributed by atoms with Crippen LogP contribution in [0.15, 0.2) is 18.2 Å². The molecule has 6 heteroatoms. The standard InChI is InChI=1S/C13H16N2O4/c1-8(9-5-6-19-7-9)14-12(16)10-3-2-4-11(15-10)13(17)18/h2-4,8-9H,5-7H2,1H3,(H,14,16)(H,17,18). The number of carbonyl (C=O) groups is 2. The summed E-state index contributed by atoms with van der Waals surface area (Å²) in [5, 5.41) is 11.7. The van der Waals surface area contributed by atoms with E-state index >= 15 is 0 Å². The van der Waals surface area contributed by atoms with Crippen LogP contribution in [0.25, 0.3) is 0 Å². The van der Waals surface area contributed by atoms with Gasteiger partial charge in [-0.05, 0) is 25.5 Å². The molecule has 1 amide bonds. The Labute approximate surface area is 110 Å². The second kappa shape index (κ2) is 5.79. The normalized spacial score (nSPS) is 19.9. The number of hydrogen-bond acceptors (Lipinski definition) is 4. The number of ether oxygens (including phenoxy) is 1. The number of aromatic carboxylic acids is 1. The van der Waals surface area contributed by atoms with Gasteiger partial charge in [0.2, 0.25) is 0 Å². The number of rotatable bonds is 4. The van der Waals surface area contributed by atoms with E-state index in [0.29, 0.717) is 12.5 Å². The lowest BCUT2D eigenvalue weighted by Gasteiger charge is -2.18. The Morgan fingerprint density at radius 2 is 2.21 bits per heavy atom. The van der Waals surface area contributed by atoms with Crippen LogP contribution in [0, 0.1) is 5.92 Å². The zero-order valence-electron chi connectivity index (χ0n) is 10.6. The number of amides is 1. The van der Waals surface area contributed by atoms with Gasteiger partial charge >= 0.3 is 5.97 Å². The van der Waals surface area contributed by atoms with Gasteiger partial charge in [-0.1, -0.05) is 6.07 Å². The van der Waals surface area contributed by atoms with Crippen molar-refractivity contribution in [3.8, 4) is 0 Å². The lowest BCUT2D eigenvalue weighted by molar-refractivity contribution is 0.0690. The second-order valence-electron chi connectivity index (χ2n) is 4.60. The van der Waals surface area contributed by atoms with Crippen molar-refractivity contribution in [2.75, 3.05) is 13.2 Å². The fraction of sp³-hybridized carbons (Fsp3) is 0.462. The maximum Gasteiger partial charge on any atom is 0.354 e. The largest absolute Gasteiger partial charge is 0.477 e. The second-order valence-corrected chi connectivity index (χ2v) is 4.60. The minimum Gasteiger partial charge on any atom is -0.477 e. The molecular formula is C13H16N2O4. The topological polar surface area (TPSA) is 88.5 Å². The summed E-state index contributed by atoms with van der Waals surface area (Å²) >= 11 is 0. The molecule has 1 aromatic rings. The zero-order chi connectivity index (χ0) is 13.8. The highest BCUT2D eigenvalue weighted by Gasteiger charge is 2.24. The van der Waals surface area contributed by atoms with Crippen LogP contribution in [-0.2, 0) is 4.74 Å². The van der Waals surface area contributed by atoms with Crippen molar-refractivity contribution in [1.29, 1.82) is 0 Å². The molecule has 2 rings (SSSR count). The first kappa shape index (κ1) is 13.5. The molecule has 0 saturated carbocycles. The monoisotopic (exact) mass is 264 g/mol. The van der Waals surface area contributed by atoms with Crippen LogP contribution in [0.2, 0.25) is 0 Å². The molecular weight excluding hydrogens is 248 g/mol. The van der Waals surface area contributed by atoms with E-state index < -0.39 is 5.97 Å². The van der Waals surface area contributed by atoms with E-state index in [1.165, 1.54) is 18.2 Å². The van der Waals surface area contributed by atoms with Crippen LogP contribution >= 0.6 is 0 Å². The summed E-state index contributed by atoms with van der Waals surface area (Å²) in [7, 11) is 0. The highest BCUT2D eigenvalue weighted by atomic mass is 16.5. The number of nitrogens with zero attached hydrogens (tertiary/aromatic N) is 1. The summed E-state index contributed by atoms with van der Waals surface area (Å²) in [6, 6.07) is 4.34. The third-order valence-corrected chi connectivity index (χ3v) is 3.23. The maximum atomic E-state index is 12.0. The third kappa shape index (κ3) is 3.29. The molecule has 2 unspecified atom stereocenters. The zero-order valence-corrected chi connectivity index (χ0v) is 10.6. The van der Waals surface area contributed by atoms with Gasteiger partial charge in [0, 0.05) is 18.6 Å². The van der Waals surface area contributed by atoms with Crippen molar-refractivity contribution in [3.05, 3.63) is 29.6 Å². The maximum absolute atomic E-state index is 12.0. The lowest BCUT2D eigenvalue weighted by Crippen LogP contribution is -2.38. The van der Waals surface area contributed by atoms with Gasteiger partial charge in [-0.2, -0.15) is 0 Å². The van der Waals surface area contributed by atoms with Crippen LogP contribution in [0.1, 0.15) is 34.3 Å². The smallest absolute Gasteiger partial charge is 0.354 e. The van der Waals surface area contributed by atoms with E-state index in [1.807, 2.05) is 6.92 Å². The molecule has 19 heavy (non-hydrogen) atoms. The molecule has 1 aromatic heterocycles. The van der Waals surface area contributed by atoms with Crippen molar-refractivity contribution in [1.82, 2.24) is 10.3 Å². The Hall–Kier alpha value is -1.95. The number of carboxylic acid groups (broad SMARTS) is 1. The van der Waals surface area contributed by atoms with Crippen LogP contribution in [0.3, 0.4) is 0 Å². The van der Waals surface area contributed by atoms with E-state index in [-0.39, 0.29) is 23.3 Å². The Morgan fingerprint density at radius 1 is 1.47 bits per heavy atom. The van der Waals surface area contributed by atoms with E-state index in [2.05, 4.69) is 10.3 Å². The lowest BCUT2D eigenvalue weighted by atomic mass is 10.0. The number of aromatic nitrogens is 1. The van der Waals surface area contributed by atoms with Gasteiger partial charge in [0.15, 0.2) is 0 Å². The van der Waals surface area contributed by atoms with Crippen LogP contribution in [-0.4, -0.2) is 41.2 Å². The predicted octanol–water partition coefficient (Wildman–Crippen LogP) is 0.935. The molecule has 0 spiro atoms. The fourth-order valence-electron chi connectivity index (χ4n) is 2.03. The summed E-state index contributed by atoms with van der Waals surface area (Å²) in [6.07, 6.45) is 0.921. The van der Waals surface area contributed by atoms with Gasteiger partial charge in [-0.25, -0.2) is 9.78 Å². The van der Waals surface area contributed by atoms with Gasteiger partial charge in [-0.3, -0.25) is 4.79 Å². The molecule has 1 fully saturated rings. The number of carbonyl (C=O) groups excluding carboxylic acids is 1. The Kier molecular flexibility index (Phi) is 4.11. The first-order valence-corrected chi connectivity index (χ1v) is 6.17. The van der Waals surface area contributed by atoms with Crippen molar-refractivity contribution in [2.24, 2.45) is 5.92 Å². The molecule has 102 valence electrons. The van der Waals surface area contributed by atoms with Crippen LogP contribution in [0.5, 0.6) is 0 Å². The molecule has 1 saturated heterocycles. The molecule has 1 aliphatic heterocycles. The summed E-state index contributed by atoms with van der Waals surface area (Å²) < 4.78 is 5.27. The molecule has 2 heterocycles. The molecule has 1 aliphatic rings. The molecule has 0 aromatic carbocycles. The highest BCUT2D eigenvalue weighted by molar-refractivity contribution is 5.94. The summed E-state index contributed by atoms with van der Waals surface area (Å²) in [5.41, 5.74) is -0.0184. The van der Waals surface area contributed by atoms with Crippen LogP contribution in [0.4, 0.5) is 0 Å². The number of carboxylic acids is 1. The van der Waals surface area contributed by atoms with Crippen molar-refractivity contribution in [2.45, 2.75) is 19.4 Å².